The fraction of sp³-hybridized carbons (Fsp3) is 0.471. The molecule has 1 N–H and O–H groups in total. The van der Waals surface area contributed by atoms with E-state index in [9.17, 15) is 9.18 Å². The number of benzene rings is 1. The summed E-state index contributed by atoms with van der Waals surface area (Å²) in [6, 6.07) is 5.84. The Balaban J connectivity index is 1.68. The van der Waals surface area contributed by atoms with E-state index in [4.69, 9.17) is 4.74 Å². The van der Waals surface area contributed by atoms with Crippen LogP contribution in [0.15, 0.2) is 24.3 Å². The van der Waals surface area contributed by atoms with Gasteiger partial charge in [-0.2, -0.15) is 0 Å². The minimum absolute atomic E-state index is 0.0643. The average Bonchev–Trinajstić information content (AvgIpc) is 3.11. The van der Waals surface area contributed by atoms with Crippen LogP contribution < -0.4 is 10.1 Å². The van der Waals surface area contributed by atoms with Gasteiger partial charge in [0.25, 0.3) is 0 Å². The Morgan fingerprint density at radius 2 is 2.41 bits per heavy atom. The molecule has 2 heterocycles. The summed E-state index contributed by atoms with van der Waals surface area (Å²) < 4.78 is 19.0. The molecule has 0 radical (unpaired) electrons. The molecule has 5 heteroatoms. The van der Waals surface area contributed by atoms with Crippen LogP contribution in [0.2, 0.25) is 0 Å². The second-order valence-electron chi connectivity index (χ2n) is 5.83. The quantitative estimate of drug-likeness (QED) is 0.862. The summed E-state index contributed by atoms with van der Waals surface area (Å²) in [6.45, 7) is 1.53. The van der Waals surface area contributed by atoms with Crippen LogP contribution in [0.25, 0.3) is 6.08 Å². The van der Waals surface area contributed by atoms with Crippen molar-refractivity contribution in [3.8, 4) is 5.75 Å². The summed E-state index contributed by atoms with van der Waals surface area (Å²) in [4.78, 5) is 13.9. The van der Waals surface area contributed by atoms with E-state index in [-0.39, 0.29) is 18.5 Å². The van der Waals surface area contributed by atoms with Crippen LogP contribution in [0.4, 0.5) is 4.39 Å². The first-order chi connectivity index (χ1) is 10.7. The Hall–Kier alpha value is -1.88. The van der Waals surface area contributed by atoms with Crippen LogP contribution in [-0.4, -0.2) is 49.8 Å². The SMILES string of the molecule is CNC[C@@H]1C[C@H](F)CN1C(=O)/C=C/c1ccc2c(c1)CCO2. The molecule has 4 nitrogen and oxygen atoms in total. The van der Waals surface area contributed by atoms with Crippen LogP contribution >= 0.6 is 0 Å². The fourth-order valence-electron chi connectivity index (χ4n) is 3.13. The molecule has 0 unspecified atom stereocenters. The highest BCUT2D eigenvalue weighted by Gasteiger charge is 2.33. The van der Waals surface area contributed by atoms with Gasteiger partial charge in [0, 0.05) is 31.5 Å². The molecule has 0 saturated carbocycles. The summed E-state index contributed by atoms with van der Waals surface area (Å²) in [5.74, 6) is 0.800. The molecule has 3 rings (SSSR count). The zero-order valence-electron chi connectivity index (χ0n) is 12.7. The average molecular weight is 304 g/mol. The molecule has 0 aromatic heterocycles. The monoisotopic (exact) mass is 304 g/mol. The maximum Gasteiger partial charge on any atom is 0.246 e. The lowest BCUT2D eigenvalue weighted by molar-refractivity contribution is -0.126. The van der Waals surface area contributed by atoms with E-state index >= 15 is 0 Å². The summed E-state index contributed by atoms with van der Waals surface area (Å²) in [5.41, 5.74) is 2.14. The molecule has 0 spiro atoms. The van der Waals surface area contributed by atoms with E-state index in [1.54, 1.807) is 11.0 Å². The molecule has 2 aliphatic heterocycles. The van der Waals surface area contributed by atoms with Crippen molar-refractivity contribution in [1.82, 2.24) is 10.2 Å². The number of carbonyl (C=O) groups excluding carboxylic acids is 1. The highest BCUT2D eigenvalue weighted by atomic mass is 19.1. The first-order valence-electron chi connectivity index (χ1n) is 7.70. The Labute approximate surface area is 129 Å². The van der Waals surface area contributed by atoms with Crippen molar-refractivity contribution in [3.05, 3.63) is 35.4 Å². The molecule has 1 amide bonds. The molecular weight excluding hydrogens is 283 g/mol. The molecule has 0 aliphatic carbocycles. The number of likely N-dealkylation sites (tertiary alicyclic amines) is 1. The van der Waals surface area contributed by atoms with Crippen molar-refractivity contribution in [2.24, 2.45) is 0 Å². The number of likely N-dealkylation sites (N-methyl/N-ethyl adjacent to an activating group) is 1. The number of rotatable bonds is 4. The number of nitrogens with one attached hydrogen (secondary N) is 1. The topological polar surface area (TPSA) is 41.6 Å². The van der Waals surface area contributed by atoms with Crippen LogP contribution in [0, 0.1) is 0 Å². The number of amides is 1. The fourth-order valence-corrected chi connectivity index (χ4v) is 3.13. The van der Waals surface area contributed by atoms with Gasteiger partial charge in [0.1, 0.15) is 11.9 Å². The second-order valence-corrected chi connectivity index (χ2v) is 5.83. The molecule has 2 aliphatic rings. The normalized spacial score (nSPS) is 23.8. The van der Waals surface area contributed by atoms with Crippen molar-refractivity contribution in [2.75, 3.05) is 26.7 Å². The van der Waals surface area contributed by atoms with Gasteiger partial charge >= 0.3 is 0 Å². The molecule has 2 atom stereocenters. The molecule has 1 fully saturated rings. The Kier molecular flexibility index (Phi) is 4.43. The number of halogens is 1. The smallest absolute Gasteiger partial charge is 0.246 e. The van der Waals surface area contributed by atoms with Gasteiger partial charge in [-0.25, -0.2) is 4.39 Å². The van der Waals surface area contributed by atoms with Gasteiger partial charge in [-0.05, 0) is 36.4 Å². The van der Waals surface area contributed by atoms with E-state index in [2.05, 4.69) is 5.32 Å². The lowest BCUT2D eigenvalue weighted by Gasteiger charge is -2.22. The third-order valence-electron chi connectivity index (χ3n) is 4.22. The predicted octanol–water partition coefficient (Wildman–Crippen LogP) is 1.79. The number of hydrogen-bond acceptors (Lipinski definition) is 3. The number of carbonyl (C=O) groups is 1. The van der Waals surface area contributed by atoms with Gasteiger partial charge in [-0.1, -0.05) is 6.07 Å². The Morgan fingerprint density at radius 1 is 1.55 bits per heavy atom. The third kappa shape index (κ3) is 3.14. The zero-order valence-corrected chi connectivity index (χ0v) is 12.7. The Bertz CT molecular complexity index is 588. The maximum atomic E-state index is 13.6. The van der Waals surface area contributed by atoms with Crippen LogP contribution in [0.3, 0.4) is 0 Å². The van der Waals surface area contributed by atoms with E-state index < -0.39 is 6.17 Å². The van der Waals surface area contributed by atoms with Crippen LogP contribution in [-0.2, 0) is 11.2 Å². The van der Waals surface area contributed by atoms with Gasteiger partial charge in [0.15, 0.2) is 0 Å². The number of fused-ring (bicyclic) bond motifs is 1. The largest absolute Gasteiger partial charge is 0.493 e. The third-order valence-corrected chi connectivity index (χ3v) is 4.22. The van der Waals surface area contributed by atoms with Crippen molar-refractivity contribution in [2.45, 2.75) is 25.1 Å². The summed E-state index contributed by atoms with van der Waals surface area (Å²) in [6.07, 6.45) is 3.73. The first kappa shape index (κ1) is 15.0. The minimum Gasteiger partial charge on any atom is -0.493 e. The van der Waals surface area contributed by atoms with Crippen molar-refractivity contribution >= 4 is 12.0 Å². The maximum absolute atomic E-state index is 13.6. The molecular formula is C17H21FN2O2. The predicted molar refractivity (Wildman–Crippen MR) is 83.6 cm³/mol. The van der Waals surface area contributed by atoms with E-state index in [1.807, 2.05) is 25.2 Å². The molecule has 118 valence electrons. The van der Waals surface area contributed by atoms with Gasteiger partial charge < -0.3 is 15.0 Å². The van der Waals surface area contributed by atoms with Crippen molar-refractivity contribution in [3.63, 3.8) is 0 Å². The molecule has 22 heavy (non-hydrogen) atoms. The standard InChI is InChI=1S/C17H21FN2O2/c1-19-10-15-9-14(18)11-20(15)17(21)5-3-12-2-4-16-13(8-12)6-7-22-16/h2-5,8,14-15,19H,6-7,9-11H2,1H3/b5-3+/t14-,15-/m0/s1. The van der Waals surface area contributed by atoms with E-state index in [1.165, 1.54) is 11.6 Å². The molecule has 0 bridgehead atoms. The molecule has 1 saturated heterocycles. The molecule has 1 aromatic rings. The number of hydrogen-bond donors (Lipinski definition) is 1. The number of nitrogens with zero attached hydrogens (tertiary/aromatic N) is 1. The van der Waals surface area contributed by atoms with E-state index in [0.717, 1.165) is 24.3 Å². The molecule has 1 aromatic carbocycles. The highest BCUT2D eigenvalue weighted by molar-refractivity contribution is 5.92. The highest BCUT2D eigenvalue weighted by Crippen LogP contribution is 2.26. The first-order valence-corrected chi connectivity index (χ1v) is 7.70. The number of ether oxygens (including phenoxy) is 1. The summed E-state index contributed by atoms with van der Waals surface area (Å²) in [7, 11) is 1.82. The second kappa shape index (κ2) is 6.48. The zero-order chi connectivity index (χ0) is 15.5. The van der Waals surface area contributed by atoms with Crippen LogP contribution in [0.1, 0.15) is 17.5 Å². The lowest BCUT2D eigenvalue weighted by atomic mass is 10.1. The summed E-state index contributed by atoms with van der Waals surface area (Å²) in [5, 5.41) is 3.02. The van der Waals surface area contributed by atoms with Crippen LogP contribution in [0.5, 0.6) is 5.75 Å². The lowest BCUT2D eigenvalue weighted by Crippen LogP contribution is -2.40. The Morgan fingerprint density at radius 3 is 3.23 bits per heavy atom. The van der Waals surface area contributed by atoms with Gasteiger partial charge in [-0.3, -0.25) is 4.79 Å². The van der Waals surface area contributed by atoms with Crippen molar-refractivity contribution < 1.29 is 13.9 Å². The van der Waals surface area contributed by atoms with E-state index in [0.29, 0.717) is 13.0 Å². The van der Waals surface area contributed by atoms with Gasteiger partial charge in [0.05, 0.1) is 13.2 Å². The van der Waals surface area contributed by atoms with Gasteiger partial charge in [0.2, 0.25) is 5.91 Å². The van der Waals surface area contributed by atoms with Crippen molar-refractivity contribution in [1.29, 1.82) is 0 Å². The number of alkyl halides is 1. The van der Waals surface area contributed by atoms with Gasteiger partial charge in [-0.15, -0.1) is 0 Å². The minimum atomic E-state index is -0.923. The summed E-state index contributed by atoms with van der Waals surface area (Å²) >= 11 is 0.